The highest BCUT2D eigenvalue weighted by atomic mass is 17.2. The van der Waals surface area contributed by atoms with Crippen LogP contribution in [-0.2, 0) is 11.4 Å². The van der Waals surface area contributed by atoms with Crippen LogP contribution in [0.2, 0.25) is 0 Å². The summed E-state index contributed by atoms with van der Waals surface area (Å²) in [5.41, 5.74) is 0.959. The van der Waals surface area contributed by atoms with Crippen LogP contribution in [0.25, 0.3) is 0 Å². The van der Waals surface area contributed by atoms with E-state index >= 15 is 0 Å². The Morgan fingerprint density at radius 1 is 1.70 bits per heavy atom. The summed E-state index contributed by atoms with van der Waals surface area (Å²) < 4.78 is 1.79. The maximum Gasteiger partial charge on any atom is 0.255 e. The van der Waals surface area contributed by atoms with Gasteiger partial charge in [0.25, 0.3) is 5.88 Å². The zero-order valence-electron chi connectivity index (χ0n) is 5.70. The largest absolute Gasteiger partial charge is 0.317 e. The van der Waals surface area contributed by atoms with Crippen molar-refractivity contribution in [1.82, 2.24) is 9.78 Å². The van der Waals surface area contributed by atoms with Gasteiger partial charge in [-0.1, -0.05) is 0 Å². The second-order valence-corrected chi connectivity index (χ2v) is 2.25. The predicted molar refractivity (Wildman–Crippen MR) is 33.5 cm³/mol. The van der Waals surface area contributed by atoms with Crippen LogP contribution in [-0.4, -0.2) is 16.4 Å². The fourth-order valence-electron chi connectivity index (χ4n) is 0.975. The third-order valence-corrected chi connectivity index (χ3v) is 1.40. The van der Waals surface area contributed by atoms with Crippen molar-refractivity contribution in [2.45, 2.75) is 13.5 Å². The van der Waals surface area contributed by atoms with Crippen LogP contribution in [0.4, 0.5) is 0 Å². The molecule has 2 heterocycles. The van der Waals surface area contributed by atoms with E-state index in [2.05, 4.69) is 5.10 Å². The summed E-state index contributed by atoms with van der Waals surface area (Å²) in [6, 6.07) is 1.85. The summed E-state index contributed by atoms with van der Waals surface area (Å²) in [5.74, 6) is 0.698. The van der Waals surface area contributed by atoms with E-state index in [1.165, 1.54) is 0 Å². The van der Waals surface area contributed by atoms with E-state index in [9.17, 15) is 0 Å². The molecule has 2 rings (SSSR count). The van der Waals surface area contributed by atoms with E-state index in [0.29, 0.717) is 12.5 Å². The number of nitrogens with zero attached hydrogens (tertiary/aromatic N) is 2. The molecule has 0 fully saturated rings. The number of aryl methyl sites for hydroxylation is 1. The Labute approximate surface area is 58.3 Å². The third-order valence-electron chi connectivity index (χ3n) is 1.40. The second-order valence-electron chi connectivity index (χ2n) is 2.25. The lowest BCUT2D eigenvalue weighted by atomic mass is 10.5. The van der Waals surface area contributed by atoms with Crippen LogP contribution in [0.3, 0.4) is 0 Å². The number of hydrogen-bond acceptors (Lipinski definition) is 3. The van der Waals surface area contributed by atoms with Crippen LogP contribution >= 0.6 is 0 Å². The predicted octanol–water partition coefficient (Wildman–Crippen LogP) is 0.516. The van der Waals surface area contributed by atoms with Gasteiger partial charge in [-0.15, -0.1) is 0 Å². The molecule has 0 N–H and O–H groups in total. The van der Waals surface area contributed by atoms with Crippen molar-refractivity contribution in [3.63, 3.8) is 0 Å². The van der Waals surface area contributed by atoms with Gasteiger partial charge < -0.3 is 4.89 Å². The molecule has 4 nitrogen and oxygen atoms in total. The van der Waals surface area contributed by atoms with Crippen LogP contribution in [0.1, 0.15) is 5.69 Å². The van der Waals surface area contributed by atoms with Crippen molar-refractivity contribution in [2.75, 3.05) is 6.61 Å². The fourth-order valence-corrected chi connectivity index (χ4v) is 0.975. The first-order valence-corrected chi connectivity index (χ1v) is 3.20. The second kappa shape index (κ2) is 1.98. The minimum absolute atomic E-state index is 0.578. The van der Waals surface area contributed by atoms with Gasteiger partial charge in [0.1, 0.15) is 6.61 Å². The molecule has 0 amide bonds. The first-order chi connectivity index (χ1) is 4.86. The van der Waals surface area contributed by atoms with Gasteiger partial charge in [-0.3, -0.25) is 0 Å². The standard InChI is InChI=1S/C6H8N2O2/c1-5-4-6-8(7-5)2-3-9-10-6/h4H,2-3H2,1H3. The van der Waals surface area contributed by atoms with Crippen LogP contribution in [0.5, 0.6) is 5.88 Å². The zero-order chi connectivity index (χ0) is 6.97. The summed E-state index contributed by atoms with van der Waals surface area (Å²) in [5, 5.41) is 4.16. The smallest absolute Gasteiger partial charge is 0.255 e. The van der Waals surface area contributed by atoms with Gasteiger partial charge in [0.05, 0.1) is 12.2 Å². The van der Waals surface area contributed by atoms with E-state index in [4.69, 9.17) is 9.78 Å². The summed E-state index contributed by atoms with van der Waals surface area (Å²) in [4.78, 5) is 9.59. The highest BCUT2D eigenvalue weighted by molar-refractivity contribution is 5.14. The first-order valence-electron chi connectivity index (χ1n) is 3.20. The van der Waals surface area contributed by atoms with Crippen LogP contribution in [0.15, 0.2) is 6.07 Å². The van der Waals surface area contributed by atoms with Crippen molar-refractivity contribution in [3.05, 3.63) is 11.8 Å². The average molecular weight is 140 g/mol. The maximum atomic E-state index is 4.84. The van der Waals surface area contributed by atoms with E-state index < -0.39 is 0 Å². The average Bonchev–Trinajstić information content (AvgIpc) is 2.27. The quantitative estimate of drug-likeness (QED) is 0.493. The normalized spacial score (nSPS) is 16.1. The number of aromatic nitrogens is 2. The van der Waals surface area contributed by atoms with Gasteiger partial charge >= 0.3 is 0 Å². The summed E-state index contributed by atoms with van der Waals surface area (Å²) in [7, 11) is 0. The molecule has 54 valence electrons. The van der Waals surface area contributed by atoms with Gasteiger partial charge in [0.2, 0.25) is 0 Å². The molecular formula is C6H8N2O2. The van der Waals surface area contributed by atoms with Crippen molar-refractivity contribution < 1.29 is 9.78 Å². The summed E-state index contributed by atoms with van der Waals surface area (Å²) in [6.45, 7) is 3.28. The van der Waals surface area contributed by atoms with Crippen molar-refractivity contribution in [2.24, 2.45) is 0 Å². The van der Waals surface area contributed by atoms with Crippen molar-refractivity contribution >= 4 is 0 Å². The molecular weight excluding hydrogens is 132 g/mol. The number of rotatable bonds is 0. The lowest BCUT2D eigenvalue weighted by Gasteiger charge is -2.11. The number of hydrogen-bond donors (Lipinski definition) is 0. The zero-order valence-corrected chi connectivity index (χ0v) is 5.70. The lowest BCUT2D eigenvalue weighted by molar-refractivity contribution is -0.230. The molecule has 10 heavy (non-hydrogen) atoms. The molecule has 0 radical (unpaired) electrons. The molecule has 4 heteroatoms. The Morgan fingerprint density at radius 3 is 3.40 bits per heavy atom. The van der Waals surface area contributed by atoms with Gasteiger partial charge in [-0.2, -0.15) is 9.99 Å². The maximum absolute atomic E-state index is 4.84. The molecule has 1 aliphatic heterocycles. The van der Waals surface area contributed by atoms with Crippen molar-refractivity contribution in [1.29, 1.82) is 0 Å². The van der Waals surface area contributed by atoms with E-state index in [1.807, 2.05) is 13.0 Å². The molecule has 0 saturated carbocycles. The minimum Gasteiger partial charge on any atom is -0.317 e. The number of fused-ring (bicyclic) bond motifs is 1. The molecule has 0 aliphatic carbocycles. The Balaban J connectivity index is 2.41. The summed E-state index contributed by atoms with van der Waals surface area (Å²) in [6.07, 6.45) is 0. The van der Waals surface area contributed by atoms with E-state index in [-0.39, 0.29) is 0 Å². The molecule has 1 aliphatic rings. The molecule has 0 bridgehead atoms. The van der Waals surface area contributed by atoms with Gasteiger partial charge in [-0.05, 0) is 6.92 Å². The van der Waals surface area contributed by atoms with Gasteiger partial charge in [0.15, 0.2) is 0 Å². The monoisotopic (exact) mass is 140 g/mol. The summed E-state index contributed by atoms with van der Waals surface area (Å²) >= 11 is 0. The highest BCUT2D eigenvalue weighted by Gasteiger charge is 2.11. The van der Waals surface area contributed by atoms with Crippen LogP contribution < -0.4 is 4.89 Å². The molecule has 0 aromatic carbocycles. The first kappa shape index (κ1) is 5.73. The molecule has 0 spiro atoms. The van der Waals surface area contributed by atoms with Gasteiger partial charge in [0, 0.05) is 6.07 Å². The molecule has 1 aromatic heterocycles. The van der Waals surface area contributed by atoms with E-state index in [0.717, 1.165) is 12.2 Å². The Kier molecular flexibility index (Phi) is 1.14. The SMILES string of the molecule is Cc1cc2n(n1)CCOO2. The molecule has 0 unspecified atom stereocenters. The molecule has 0 atom stereocenters. The molecule has 1 aromatic rings. The lowest BCUT2D eigenvalue weighted by Crippen LogP contribution is -2.17. The van der Waals surface area contributed by atoms with Crippen molar-refractivity contribution in [3.8, 4) is 5.88 Å². The third kappa shape index (κ3) is 0.769. The highest BCUT2D eigenvalue weighted by Crippen LogP contribution is 2.15. The molecule has 0 saturated heterocycles. The Bertz CT molecular complexity index is 220. The minimum atomic E-state index is 0.578. The van der Waals surface area contributed by atoms with Gasteiger partial charge in [-0.25, -0.2) is 4.68 Å². The Morgan fingerprint density at radius 2 is 2.60 bits per heavy atom. The van der Waals surface area contributed by atoms with E-state index in [1.54, 1.807) is 4.68 Å². The van der Waals surface area contributed by atoms with Crippen LogP contribution in [0, 0.1) is 6.92 Å². The fraction of sp³-hybridized carbons (Fsp3) is 0.500. The topological polar surface area (TPSA) is 36.3 Å². The Hall–Kier alpha value is -1.03.